The standard InChI is InChI=1S/C17H28O2/c1-16-10-13-3-2-12(5-7-18)8-14(13)9-15(16)4-6-17(16)11-19-17/h12-15,18H,2-11H2,1H3/t12-,13-,14-,15+,16+,17-/m1/s1. The van der Waals surface area contributed by atoms with Crippen molar-refractivity contribution < 1.29 is 9.84 Å². The lowest BCUT2D eigenvalue weighted by atomic mass is 9.55. The lowest BCUT2D eigenvalue weighted by Crippen LogP contribution is -2.45. The summed E-state index contributed by atoms with van der Waals surface area (Å²) in [7, 11) is 0. The molecule has 1 heterocycles. The van der Waals surface area contributed by atoms with Crippen molar-refractivity contribution in [3.63, 3.8) is 0 Å². The van der Waals surface area contributed by atoms with Crippen molar-refractivity contribution in [1.82, 2.24) is 0 Å². The molecule has 0 aromatic rings. The summed E-state index contributed by atoms with van der Waals surface area (Å²) in [5.41, 5.74) is 0.808. The van der Waals surface area contributed by atoms with Crippen LogP contribution in [-0.2, 0) is 4.74 Å². The third-order valence-corrected chi connectivity index (χ3v) is 7.39. The van der Waals surface area contributed by atoms with Gasteiger partial charge in [0.25, 0.3) is 0 Å². The molecule has 3 saturated carbocycles. The summed E-state index contributed by atoms with van der Waals surface area (Å²) in [5, 5.41) is 9.17. The zero-order valence-electron chi connectivity index (χ0n) is 12.2. The van der Waals surface area contributed by atoms with Gasteiger partial charge in [-0.15, -0.1) is 0 Å². The summed E-state index contributed by atoms with van der Waals surface area (Å²) in [5.74, 6) is 3.64. The molecular weight excluding hydrogens is 236 g/mol. The van der Waals surface area contributed by atoms with E-state index < -0.39 is 0 Å². The third-order valence-electron chi connectivity index (χ3n) is 7.39. The highest BCUT2D eigenvalue weighted by atomic mass is 16.6. The first-order valence-electron chi connectivity index (χ1n) is 8.42. The molecule has 0 aromatic carbocycles. The number of epoxide rings is 1. The zero-order chi connectivity index (χ0) is 13.1. The normalized spacial score (nSPS) is 55.9. The van der Waals surface area contributed by atoms with Crippen LogP contribution in [0, 0.1) is 29.1 Å². The minimum Gasteiger partial charge on any atom is -0.396 e. The minimum absolute atomic E-state index is 0.310. The van der Waals surface area contributed by atoms with Crippen molar-refractivity contribution >= 4 is 0 Å². The van der Waals surface area contributed by atoms with E-state index in [9.17, 15) is 0 Å². The fraction of sp³-hybridized carbons (Fsp3) is 1.00. The van der Waals surface area contributed by atoms with E-state index in [1.54, 1.807) is 0 Å². The maximum Gasteiger partial charge on any atom is 0.0972 e. The van der Waals surface area contributed by atoms with Crippen LogP contribution in [0.25, 0.3) is 0 Å². The predicted molar refractivity (Wildman–Crippen MR) is 74.8 cm³/mol. The Morgan fingerprint density at radius 3 is 2.74 bits per heavy atom. The van der Waals surface area contributed by atoms with E-state index >= 15 is 0 Å². The molecule has 19 heavy (non-hydrogen) atoms. The molecule has 1 spiro atoms. The lowest BCUT2D eigenvalue weighted by Gasteiger charge is -2.50. The Bertz CT molecular complexity index is 362. The molecule has 2 nitrogen and oxygen atoms in total. The van der Waals surface area contributed by atoms with Crippen LogP contribution >= 0.6 is 0 Å². The van der Waals surface area contributed by atoms with Crippen LogP contribution in [0.4, 0.5) is 0 Å². The summed E-state index contributed by atoms with van der Waals surface area (Å²) in [6.07, 6.45) is 10.8. The quantitative estimate of drug-likeness (QED) is 0.776. The van der Waals surface area contributed by atoms with Gasteiger partial charge in [-0.1, -0.05) is 13.3 Å². The van der Waals surface area contributed by atoms with Crippen LogP contribution in [0.1, 0.15) is 58.3 Å². The number of ether oxygens (including phenoxy) is 1. The van der Waals surface area contributed by atoms with Crippen LogP contribution in [-0.4, -0.2) is 23.9 Å². The van der Waals surface area contributed by atoms with Crippen LogP contribution in [0.5, 0.6) is 0 Å². The van der Waals surface area contributed by atoms with Crippen molar-refractivity contribution in [3.05, 3.63) is 0 Å². The minimum atomic E-state index is 0.310. The molecule has 1 N–H and O–H groups in total. The van der Waals surface area contributed by atoms with Crippen molar-refractivity contribution in [2.45, 2.75) is 63.9 Å². The Morgan fingerprint density at radius 2 is 2.00 bits per heavy atom. The Balaban J connectivity index is 1.50. The van der Waals surface area contributed by atoms with Crippen LogP contribution in [0.15, 0.2) is 0 Å². The zero-order valence-corrected chi connectivity index (χ0v) is 12.2. The van der Waals surface area contributed by atoms with Gasteiger partial charge in [0.05, 0.1) is 12.2 Å². The van der Waals surface area contributed by atoms with Gasteiger partial charge in [0.2, 0.25) is 0 Å². The largest absolute Gasteiger partial charge is 0.396 e. The van der Waals surface area contributed by atoms with Gasteiger partial charge in [-0.2, -0.15) is 0 Å². The Hall–Kier alpha value is -0.0800. The van der Waals surface area contributed by atoms with Gasteiger partial charge in [0.1, 0.15) is 0 Å². The summed E-state index contributed by atoms with van der Waals surface area (Å²) >= 11 is 0. The van der Waals surface area contributed by atoms with E-state index in [1.807, 2.05) is 0 Å². The van der Waals surface area contributed by atoms with Crippen molar-refractivity contribution in [2.75, 3.05) is 13.2 Å². The Labute approximate surface area is 116 Å². The van der Waals surface area contributed by atoms with Crippen molar-refractivity contribution in [1.29, 1.82) is 0 Å². The van der Waals surface area contributed by atoms with E-state index in [1.165, 1.54) is 44.9 Å². The Morgan fingerprint density at radius 1 is 1.16 bits per heavy atom. The van der Waals surface area contributed by atoms with Crippen LogP contribution in [0.2, 0.25) is 0 Å². The predicted octanol–water partition coefficient (Wildman–Crippen LogP) is 3.38. The van der Waals surface area contributed by atoms with Crippen molar-refractivity contribution in [3.8, 4) is 0 Å². The number of aliphatic hydroxyl groups excluding tert-OH is 1. The molecule has 0 bridgehead atoms. The smallest absolute Gasteiger partial charge is 0.0972 e. The summed E-state index contributed by atoms with van der Waals surface area (Å²) in [6, 6.07) is 0. The highest BCUT2D eigenvalue weighted by molar-refractivity contribution is 5.16. The molecular formula is C17H28O2. The lowest BCUT2D eigenvalue weighted by molar-refractivity contribution is -0.0201. The fourth-order valence-electron chi connectivity index (χ4n) is 6.01. The summed E-state index contributed by atoms with van der Waals surface area (Å²) in [6.45, 7) is 3.97. The van der Waals surface area contributed by atoms with E-state index in [0.29, 0.717) is 17.6 Å². The number of rotatable bonds is 2. The van der Waals surface area contributed by atoms with E-state index in [4.69, 9.17) is 9.84 Å². The number of hydrogen-bond acceptors (Lipinski definition) is 2. The average molecular weight is 264 g/mol. The molecule has 0 radical (unpaired) electrons. The maximum absolute atomic E-state index is 9.17. The molecule has 4 fully saturated rings. The number of hydrogen-bond donors (Lipinski definition) is 1. The molecule has 4 aliphatic rings. The molecule has 4 rings (SSSR count). The van der Waals surface area contributed by atoms with Crippen molar-refractivity contribution in [2.24, 2.45) is 29.1 Å². The van der Waals surface area contributed by atoms with Gasteiger partial charge in [0.15, 0.2) is 0 Å². The number of aliphatic hydroxyl groups is 1. The average Bonchev–Trinajstić information content (AvgIpc) is 3.13. The molecule has 0 amide bonds. The third kappa shape index (κ3) is 1.75. The second kappa shape index (κ2) is 4.21. The first kappa shape index (κ1) is 12.6. The summed E-state index contributed by atoms with van der Waals surface area (Å²) in [4.78, 5) is 0. The molecule has 1 saturated heterocycles. The second-order valence-electron chi connectivity index (χ2n) is 8.09. The first-order valence-corrected chi connectivity index (χ1v) is 8.42. The Kier molecular flexibility index (Phi) is 2.80. The number of fused-ring (bicyclic) bond motifs is 3. The monoisotopic (exact) mass is 264 g/mol. The SMILES string of the molecule is C[C@]12C[C@H]3CC[C@H](CCO)C[C@@H]3C[C@@H]1CC[C@@]21CO1. The van der Waals surface area contributed by atoms with Gasteiger partial charge in [0, 0.05) is 12.0 Å². The molecule has 2 heteroatoms. The van der Waals surface area contributed by atoms with Crippen LogP contribution in [0.3, 0.4) is 0 Å². The molecule has 0 aromatic heterocycles. The van der Waals surface area contributed by atoms with E-state index in [2.05, 4.69) is 6.92 Å². The fourth-order valence-corrected chi connectivity index (χ4v) is 6.01. The molecule has 0 unspecified atom stereocenters. The van der Waals surface area contributed by atoms with Gasteiger partial charge < -0.3 is 9.84 Å². The molecule has 1 aliphatic heterocycles. The highest BCUT2D eigenvalue weighted by Crippen LogP contribution is 2.67. The van der Waals surface area contributed by atoms with Gasteiger partial charge >= 0.3 is 0 Å². The second-order valence-corrected chi connectivity index (χ2v) is 8.09. The van der Waals surface area contributed by atoms with Crippen LogP contribution < -0.4 is 0 Å². The van der Waals surface area contributed by atoms with Gasteiger partial charge in [-0.3, -0.25) is 0 Å². The maximum atomic E-state index is 9.17. The van der Waals surface area contributed by atoms with Gasteiger partial charge in [-0.25, -0.2) is 0 Å². The summed E-state index contributed by atoms with van der Waals surface area (Å²) < 4.78 is 5.94. The molecule has 3 aliphatic carbocycles. The highest BCUT2D eigenvalue weighted by Gasteiger charge is 2.67. The van der Waals surface area contributed by atoms with Gasteiger partial charge in [-0.05, 0) is 68.6 Å². The van der Waals surface area contributed by atoms with E-state index in [-0.39, 0.29) is 0 Å². The first-order chi connectivity index (χ1) is 9.17. The topological polar surface area (TPSA) is 32.8 Å². The van der Waals surface area contributed by atoms with E-state index in [0.717, 1.165) is 36.7 Å². The molecule has 6 atom stereocenters. The molecule has 108 valence electrons.